The minimum atomic E-state index is 0.517. The summed E-state index contributed by atoms with van der Waals surface area (Å²) in [4.78, 5) is 0. The minimum Gasteiger partial charge on any atom is -0.380 e. The maximum atomic E-state index is 5.37. The van der Waals surface area contributed by atoms with Crippen LogP contribution in [0.15, 0.2) is 0 Å². The highest BCUT2D eigenvalue weighted by Gasteiger charge is 2.14. The van der Waals surface area contributed by atoms with Gasteiger partial charge in [-0.2, -0.15) is 0 Å². The molecule has 2 heteroatoms. The summed E-state index contributed by atoms with van der Waals surface area (Å²) < 4.78 is 5.37. The van der Waals surface area contributed by atoms with Crippen molar-refractivity contribution < 1.29 is 4.74 Å². The Balaban J connectivity index is 2.07. The van der Waals surface area contributed by atoms with Crippen LogP contribution in [0.3, 0.4) is 0 Å². The molecule has 1 rings (SSSR count). The lowest BCUT2D eigenvalue weighted by atomic mass is 9.95. The molecule has 0 radical (unpaired) electrons. The summed E-state index contributed by atoms with van der Waals surface area (Å²) in [5.74, 6) is 0. The number of hydrogen-bond donors (Lipinski definition) is 1. The van der Waals surface area contributed by atoms with Crippen molar-refractivity contribution in [3.63, 3.8) is 0 Å². The molecule has 1 aliphatic rings. The summed E-state index contributed by atoms with van der Waals surface area (Å²) in [7, 11) is 0. The molecule has 0 aromatic carbocycles. The molecule has 0 heterocycles. The molecule has 0 aromatic rings. The first-order valence-electron chi connectivity index (χ1n) is 5.66. The lowest BCUT2D eigenvalue weighted by Gasteiger charge is -2.26. The lowest BCUT2D eigenvalue weighted by molar-refractivity contribution is 0.121. The maximum absolute atomic E-state index is 5.37. The number of nitrogens with one attached hydrogen (secondary N) is 1. The van der Waals surface area contributed by atoms with E-state index in [0.29, 0.717) is 6.04 Å². The van der Waals surface area contributed by atoms with Crippen molar-refractivity contribution in [2.75, 3.05) is 13.2 Å². The van der Waals surface area contributed by atoms with Crippen molar-refractivity contribution in [3.8, 4) is 0 Å². The standard InChI is InChI=1S/C11H23NO/c1-3-13-9-10(2)12-11-7-5-4-6-8-11/h10-12H,3-9H2,1-2H3. The van der Waals surface area contributed by atoms with Crippen molar-refractivity contribution in [1.82, 2.24) is 5.32 Å². The average Bonchev–Trinajstić information content (AvgIpc) is 2.16. The van der Waals surface area contributed by atoms with E-state index in [0.717, 1.165) is 19.3 Å². The van der Waals surface area contributed by atoms with Crippen LogP contribution in [0.2, 0.25) is 0 Å². The van der Waals surface area contributed by atoms with E-state index in [1.807, 2.05) is 6.92 Å². The fourth-order valence-corrected chi connectivity index (χ4v) is 2.01. The van der Waals surface area contributed by atoms with Crippen LogP contribution in [-0.2, 0) is 4.74 Å². The van der Waals surface area contributed by atoms with Crippen molar-refractivity contribution in [3.05, 3.63) is 0 Å². The van der Waals surface area contributed by atoms with Crippen molar-refractivity contribution >= 4 is 0 Å². The van der Waals surface area contributed by atoms with Crippen LogP contribution in [0.25, 0.3) is 0 Å². The van der Waals surface area contributed by atoms with Gasteiger partial charge in [-0.05, 0) is 26.7 Å². The molecule has 0 aliphatic heterocycles. The van der Waals surface area contributed by atoms with Gasteiger partial charge in [0, 0.05) is 18.7 Å². The van der Waals surface area contributed by atoms with E-state index >= 15 is 0 Å². The molecule has 1 saturated carbocycles. The fourth-order valence-electron chi connectivity index (χ4n) is 2.01. The van der Waals surface area contributed by atoms with Crippen molar-refractivity contribution in [2.45, 2.75) is 58.0 Å². The Bertz CT molecular complexity index is 121. The second-order valence-corrected chi connectivity index (χ2v) is 4.06. The zero-order valence-electron chi connectivity index (χ0n) is 9.01. The Labute approximate surface area is 82.0 Å². The third-order valence-corrected chi connectivity index (χ3v) is 2.70. The van der Waals surface area contributed by atoms with E-state index in [-0.39, 0.29) is 0 Å². The first kappa shape index (κ1) is 11.0. The van der Waals surface area contributed by atoms with Gasteiger partial charge in [-0.3, -0.25) is 0 Å². The largest absolute Gasteiger partial charge is 0.380 e. The van der Waals surface area contributed by atoms with Gasteiger partial charge in [-0.15, -0.1) is 0 Å². The van der Waals surface area contributed by atoms with Crippen LogP contribution in [0, 0.1) is 0 Å². The smallest absolute Gasteiger partial charge is 0.0616 e. The van der Waals surface area contributed by atoms with Gasteiger partial charge in [-0.25, -0.2) is 0 Å². The van der Waals surface area contributed by atoms with E-state index in [4.69, 9.17) is 4.74 Å². The molecule has 0 aromatic heterocycles. The molecular formula is C11H23NO. The number of ether oxygens (including phenoxy) is 1. The topological polar surface area (TPSA) is 21.3 Å². The van der Waals surface area contributed by atoms with E-state index in [1.165, 1.54) is 32.1 Å². The summed E-state index contributed by atoms with van der Waals surface area (Å²) >= 11 is 0. The van der Waals surface area contributed by atoms with Crippen molar-refractivity contribution in [2.24, 2.45) is 0 Å². The third-order valence-electron chi connectivity index (χ3n) is 2.70. The van der Waals surface area contributed by atoms with Gasteiger partial charge >= 0.3 is 0 Å². The molecule has 1 unspecified atom stereocenters. The monoisotopic (exact) mass is 185 g/mol. The highest BCUT2D eigenvalue weighted by molar-refractivity contribution is 4.74. The van der Waals surface area contributed by atoms with Crippen LogP contribution in [-0.4, -0.2) is 25.3 Å². The molecule has 1 aliphatic carbocycles. The van der Waals surface area contributed by atoms with Gasteiger partial charge in [0.2, 0.25) is 0 Å². The maximum Gasteiger partial charge on any atom is 0.0616 e. The first-order valence-corrected chi connectivity index (χ1v) is 5.66. The SMILES string of the molecule is CCOCC(C)NC1CCCCC1. The van der Waals surface area contributed by atoms with Gasteiger partial charge in [-0.1, -0.05) is 19.3 Å². The summed E-state index contributed by atoms with van der Waals surface area (Å²) in [5.41, 5.74) is 0. The van der Waals surface area contributed by atoms with Gasteiger partial charge in [0.05, 0.1) is 6.61 Å². The summed E-state index contributed by atoms with van der Waals surface area (Å²) in [5, 5.41) is 3.63. The Hall–Kier alpha value is -0.0800. The van der Waals surface area contributed by atoms with E-state index < -0.39 is 0 Å². The number of rotatable bonds is 5. The molecule has 0 amide bonds. The number of hydrogen-bond acceptors (Lipinski definition) is 2. The predicted octanol–water partition coefficient (Wildman–Crippen LogP) is 2.33. The quantitative estimate of drug-likeness (QED) is 0.710. The highest BCUT2D eigenvalue weighted by Crippen LogP contribution is 2.17. The summed E-state index contributed by atoms with van der Waals surface area (Å²) in [6.07, 6.45) is 6.95. The molecule has 1 atom stereocenters. The van der Waals surface area contributed by atoms with Crippen LogP contribution in [0.1, 0.15) is 46.0 Å². The Morgan fingerprint density at radius 2 is 2.00 bits per heavy atom. The normalized spacial score (nSPS) is 21.7. The van der Waals surface area contributed by atoms with E-state index in [2.05, 4.69) is 12.2 Å². The highest BCUT2D eigenvalue weighted by atomic mass is 16.5. The second-order valence-electron chi connectivity index (χ2n) is 4.06. The molecule has 0 bridgehead atoms. The molecule has 13 heavy (non-hydrogen) atoms. The zero-order chi connectivity index (χ0) is 9.52. The van der Waals surface area contributed by atoms with Crippen LogP contribution in [0.5, 0.6) is 0 Å². The first-order chi connectivity index (χ1) is 6.33. The molecular weight excluding hydrogens is 162 g/mol. The predicted molar refractivity (Wildman–Crippen MR) is 56.0 cm³/mol. The van der Waals surface area contributed by atoms with Gasteiger partial charge in [0.1, 0.15) is 0 Å². The van der Waals surface area contributed by atoms with Gasteiger partial charge in [0.25, 0.3) is 0 Å². The minimum absolute atomic E-state index is 0.517. The van der Waals surface area contributed by atoms with Gasteiger partial charge in [0.15, 0.2) is 0 Å². The van der Waals surface area contributed by atoms with Gasteiger partial charge < -0.3 is 10.1 Å². The van der Waals surface area contributed by atoms with E-state index in [9.17, 15) is 0 Å². The fraction of sp³-hybridized carbons (Fsp3) is 1.00. The van der Waals surface area contributed by atoms with Crippen LogP contribution in [0.4, 0.5) is 0 Å². The average molecular weight is 185 g/mol. The zero-order valence-corrected chi connectivity index (χ0v) is 9.01. The molecule has 2 nitrogen and oxygen atoms in total. The van der Waals surface area contributed by atoms with Crippen LogP contribution >= 0.6 is 0 Å². The molecule has 1 N–H and O–H groups in total. The Morgan fingerprint density at radius 3 is 2.62 bits per heavy atom. The molecule has 1 fully saturated rings. The Kier molecular flexibility index (Phi) is 5.40. The van der Waals surface area contributed by atoms with E-state index in [1.54, 1.807) is 0 Å². The molecule has 78 valence electrons. The molecule has 0 spiro atoms. The lowest BCUT2D eigenvalue weighted by Crippen LogP contribution is -2.40. The third kappa shape index (κ3) is 4.63. The van der Waals surface area contributed by atoms with Crippen LogP contribution < -0.4 is 5.32 Å². The Morgan fingerprint density at radius 1 is 1.31 bits per heavy atom. The second kappa shape index (κ2) is 6.39. The summed E-state index contributed by atoms with van der Waals surface area (Å²) in [6.45, 7) is 5.95. The molecule has 0 saturated heterocycles. The van der Waals surface area contributed by atoms with Crippen molar-refractivity contribution in [1.29, 1.82) is 0 Å². The summed E-state index contributed by atoms with van der Waals surface area (Å²) in [6, 6.07) is 1.27.